The van der Waals surface area contributed by atoms with Gasteiger partial charge < -0.3 is 5.73 Å². The van der Waals surface area contributed by atoms with Gasteiger partial charge in [-0.05, 0) is 55.0 Å². The van der Waals surface area contributed by atoms with Crippen LogP contribution in [0.1, 0.15) is 49.3 Å². The van der Waals surface area contributed by atoms with E-state index < -0.39 is 0 Å². The molecule has 2 N–H and O–H groups in total. The zero-order chi connectivity index (χ0) is 16.7. The fourth-order valence-corrected chi connectivity index (χ4v) is 3.52. The Morgan fingerprint density at radius 1 is 1.21 bits per heavy atom. The van der Waals surface area contributed by atoms with E-state index in [0.29, 0.717) is 11.6 Å². The number of aromatic nitrogens is 2. The van der Waals surface area contributed by atoms with Crippen LogP contribution in [0.25, 0.3) is 11.0 Å². The number of nitrogens with two attached hydrogens (primary N) is 1. The maximum Gasteiger partial charge on any atom is 0.270 e. The molecule has 0 amide bonds. The third-order valence-corrected chi connectivity index (χ3v) is 5.17. The smallest absolute Gasteiger partial charge is 0.270 e. The molecule has 3 aromatic rings. The summed E-state index contributed by atoms with van der Waals surface area (Å²) in [6.45, 7) is 2.07. The number of rotatable bonds is 3. The van der Waals surface area contributed by atoms with E-state index in [-0.39, 0.29) is 11.6 Å². The molecule has 1 saturated carbocycles. The first kappa shape index (κ1) is 14.9. The number of nitrogens with zero attached hydrogens (tertiary/aromatic N) is 2. The second-order valence-corrected chi connectivity index (χ2v) is 6.69. The fourth-order valence-electron chi connectivity index (χ4n) is 3.52. The minimum atomic E-state index is -0.0891. The van der Waals surface area contributed by atoms with Crippen LogP contribution in [-0.4, -0.2) is 9.55 Å². The molecule has 24 heavy (non-hydrogen) atoms. The summed E-state index contributed by atoms with van der Waals surface area (Å²) < 4.78 is 1.81. The van der Waals surface area contributed by atoms with E-state index in [9.17, 15) is 4.79 Å². The standard InChI is InChI=1S/C20H21N3O/c1-13(15-6-3-7-16(10-15)14-4-2-5-14)23-19-9-8-17(21)11-18(19)22-12-20(23)24/h3,6-14H,2,4-5,21H2,1H3. The zero-order valence-corrected chi connectivity index (χ0v) is 13.8. The third kappa shape index (κ3) is 2.48. The predicted octanol–water partition coefficient (Wildman–Crippen LogP) is 3.86. The van der Waals surface area contributed by atoms with Gasteiger partial charge in [0.05, 0.1) is 23.3 Å². The van der Waals surface area contributed by atoms with Gasteiger partial charge in [0, 0.05) is 5.69 Å². The van der Waals surface area contributed by atoms with Crippen molar-refractivity contribution in [2.45, 2.75) is 38.1 Å². The van der Waals surface area contributed by atoms with Crippen LogP contribution in [0, 0.1) is 0 Å². The highest BCUT2D eigenvalue weighted by atomic mass is 16.1. The Labute approximate surface area is 141 Å². The monoisotopic (exact) mass is 319 g/mol. The Hall–Kier alpha value is -2.62. The van der Waals surface area contributed by atoms with E-state index in [0.717, 1.165) is 16.6 Å². The van der Waals surface area contributed by atoms with E-state index in [2.05, 4.69) is 36.2 Å². The molecule has 1 heterocycles. The first-order valence-corrected chi connectivity index (χ1v) is 8.50. The van der Waals surface area contributed by atoms with Crippen LogP contribution in [0.15, 0.2) is 53.5 Å². The lowest BCUT2D eigenvalue weighted by atomic mass is 9.79. The summed E-state index contributed by atoms with van der Waals surface area (Å²) >= 11 is 0. The van der Waals surface area contributed by atoms with Crippen molar-refractivity contribution in [1.29, 1.82) is 0 Å². The molecule has 0 radical (unpaired) electrons. The Bertz CT molecular complexity index is 957. The van der Waals surface area contributed by atoms with Crippen LogP contribution < -0.4 is 11.3 Å². The Balaban J connectivity index is 1.82. The maximum atomic E-state index is 12.5. The molecule has 4 heteroatoms. The van der Waals surface area contributed by atoms with Crippen molar-refractivity contribution in [3.63, 3.8) is 0 Å². The largest absolute Gasteiger partial charge is 0.399 e. The molecule has 4 nitrogen and oxygen atoms in total. The number of benzene rings is 2. The highest BCUT2D eigenvalue weighted by Crippen LogP contribution is 2.37. The Kier molecular flexibility index (Phi) is 3.60. The van der Waals surface area contributed by atoms with Gasteiger partial charge in [0.2, 0.25) is 0 Å². The second kappa shape index (κ2) is 5.78. The molecule has 1 fully saturated rings. The van der Waals surface area contributed by atoms with Crippen LogP contribution in [0.5, 0.6) is 0 Å². The van der Waals surface area contributed by atoms with Crippen LogP contribution in [0.4, 0.5) is 5.69 Å². The second-order valence-electron chi connectivity index (χ2n) is 6.69. The van der Waals surface area contributed by atoms with Gasteiger partial charge in [-0.15, -0.1) is 0 Å². The molecule has 122 valence electrons. The van der Waals surface area contributed by atoms with Gasteiger partial charge in [0.15, 0.2) is 0 Å². The number of anilines is 1. The molecule has 0 spiro atoms. The first-order chi connectivity index (χ1) is 11.6. The summed E-state index contributed by atoms with van der Waals surface area (Å²) in [4.78, 5) is 16.7. The average Bonchev–Trinajstić information content (AvgIpc) is 2.53. The van der Waals surface area contributed by atoms with Crippen molar-refractivity contribution >= 4 is 16.7 Å². The van der Waals surface area contributed by atoms with Crippen LogP contribution in [0.3, 0.4) is 0 Å². The van der Waals surface area contributed by atoms with Crippen molar-refractivity contribution < 1.29 is 0 Å². The van der Waals surface area contributed by atoms with Gasteiger partial charge in [-0.1, -0.05) is 30.7 Å². The summed E-state index contributed by atoms with van der Waals surface area (Å²) in [5.74, 6) is 0.683. The lowest BCUT2D eigenvalue weighted by molar-refractivity contribution is 0.419. The van der Waals surface area contributed by atoms with Gasteiger partial charge in [0.25, 0.3) is 5.56 Å². The maximum absolute atomic E-state index is 12.5. The zero-order valence-electron chi connectivity index (χ0n) is 13.8. The molecule has 4 rings (SSSR count). The summed E-state index contributed by atoms with van der Waals surface area (Å²) in [6, 6.07) is 14.1. The quantitative estimate of drug-likeness (QED) is 0.746. The lowest BCUT2D eigenvalue weighted by Crippen LogP contribution is -2.24. The normalized spacial score (nSPS) is 16.0. The average molecular weight is 319 g/mol. The van der Waals surface area contributed by atoms with Gasteiger partial charge in [-0.2, -0.15) is 0 Å². The molecule has 1 unspecified atom stereocenters. The van der Waals surface area contributed by atoms with Crippen molar-refractivity contribution in [3.8, 4) is 0 Å². The minimum Gasteiger partial charge on any atom is -0.399 e. The minimum absolute atomic E-state index is 0.0494. The van der Waals surface area contributed by atoms with Crippen molar-refractivity contribution in [1.82, 2.24) is 9.55 Å². The number of nitrogen functional groups attached to an aromatic ring is 1. The summed E-state index contributed by atoms with van der Waals surface area (Å²) in [7, 11) is 0. The van der Waals surface area contributed by atoms with E-state index in [4.69, 9.17) is 5.73 Å². The summed E-state index contributed by atoms with van der Waals surface area (Å²) in [5.41, 5.74) is 10.5. The number of hydrogen-bond donors (Lipinski definition) is 1. The highest BCUT2D eigenvalue weighted by molar-refractivity contribution is 5.78. The first-order valence-electron chi connectivity index (χ1n) is 8.50. The van der Waals surface area contributed by atoms with E-state index >= 15 is 0 Å². The summed E-state index contributed by atoms with van der Waals surface area (Å²) in [6.07, 6.45) is 5.25. The summed E-state index contributed by atoms with van der Waals surface area (Å²) in [5, 5.41) is 0. The molecule has 1 aromatic heterocycles. The fraction of sp³-hybridized carbons (Fsp3) is 0.300. The molecule has 1 aliphatic rings. The van der Waals surface area contributed by atoms with Crippen molar-refractivity contribution in [3.05, 3.63) is 70.1 Å². The van der Waals surface area contributed by atoms with E-state index in [1.165, 1.54) is 31.0 Å². The lowest BCUT2D eigenvalue weighted by Gasteiger charge is -2.27. The molecule has 0 aliphatic heterocycles. The SMILES string of the molecule is CC(c1cccc(C2CCC2)c1)n1c(=O)cnc2cc(N)ccc21. The van der Waals surface area contributed by atoms with Crippen molar-refractivity contribution in [2.24, 2.45) is 0 Å². The van der Waals surface area contributed by atoms with Gasteiger partial charge >= 0.3 is 0 Å². The van der Waals surface area contributed by atoms with Crippen LogP contribution >= 0.6 is 0 Å². The number of hydrogen-bond acceptors (Lipinski definition) is 3. The number of fused-ring (bicyclic) bond motifs is 1. The van der Waals surface area contributed by atoms with Gasteiger partial charge in [-0.3, -0.25) is 9.36 Å². The molecule has 0 saturated heterocycles. The molecule has 1 atom stereocenters. The van der Waals surface area contributed by atoms with Crippen LogP contribution in [0.2, 0.25) is 0 Å². The molecule has 0 bridgehead atoms. The van der Waals surface area contributed by atoms with Gasteiger partial charge in [-0.25, -0.2) is 4.98 Å². The topological polar surface area (TPSA) is 60.9 Å². The predicted molar refractivity (Wildman–Crippen MR) is 97.3 cm³/mol. The molecular weight excluding hydrogens is 298 g/mol. The van der Waals surface area contributed by atoms with Crippen LogP contribution in [-0.2, 0) is 0 Å². The van der Waals surface area contributed by atoms with E-state index in [1.807, 2.05) is 22.8 Å². The van der Waals surface area contributed by atoms with Crippen molar-refractivity contribution in [2.75, 3.05) is 5.73 Å². The Morgan fingerprint density at radius 2 is 2.04 bits per heavy atom. The molecule has 1 aliphatic carbocycles. The van der Waals surface area contributed by atoms with E-state index in [1.54, 1.807) is 0 Å². The molecule has 2 aromatic carbocycles. The third-order valence-electron chi connectivity index (χ3n) is 5.17. The van der Waals surface area contributed by atoms with Gasteiger partial charge in [0.1, 0.15) is 0 Å². The Morgan fingerprint density at radius 3 is 2.79 bits per heavy atom. The highest BCUT2D eigenvalue weighted by Gasteiger charge is 2.21. The molecular formula is C20H21N3O.